The van der Waals surface area contributed by atoms with Gasteiger partial charge in [-0.3, -0.25) is 0 Å². The monoisotopic (exact) mass is 941 g/mol. The van der Waals surface area contributed by atoms with Crippen molar-refractivity contribution < 1.29 is 0 Å². The zero-order valence-electron chi connectivity index (χ0n) is 40.5. The number of hydrogen-bond donors (Lipinski definition) is 0. The minimum atomic E-state index is -0.793. The number of nitrogens with zero attached hydrogens (tertiary/aromatic N) is 3. The number of anilines is 9. The summed E-state index contributed by atoms with van der Waals surface area (Å²) < 4.78 is 0. The Balaban J connectivity index is 1.12. The molecule has 1 spiro atoms. The first-order valence-electron chi connectivity index (χ1n) is 25.6. The van der Waals surface area contributed by atoms with Gasteiger partial charge in [-0.15, -0.1) is 0 Å². The van der Waals surface area contributed by atoms with Crippen molar-refractivity contribution >= 4 is 94.3 Å². The van der Waals surface area contributed by atoms with Crippen LogP contribution in [0.15, 0.2) is 285 Å². The molecule has 74 heavy (non-hydrogen) atoms. The van der Waals surface area contributed by atoms with Gasteiger partial charge < -0.3 is 14.7 Å². The zero-order chi connectivity index (χ0) is 48.7. The van der Waals surface area contributed by atoms with Gasteiger partial charge >= 0.3 is 0 Å². The summed E-state index contributed by atoms with van der Waals surface area (Å²) in [6, 6.07) is 106. The van der Waals surface area contributed by atoms with Crippen molar-refractivity contribution in [3.05, 3.63) is 307 Å². The van der Waals surface area contributed by atoms with Crippen LogP contribution in [-0.4, -0.2) is 0 Å². The second kappa shape index (κ2) is 16.7. The van der Waals surface area contributed by atoms with Crippen molar-refractivity contribution in [2.24, 2.45) is 0 Å². The highest BCUT2D eigenvalue weighted by Crippen LogP contribution is 2.67. The summed E-state index contributed by atoms with van der Waals surface area (Å²) in [5.74, 6) is 0. The molecule has 346 valence electrons. The van der Waals surface area contributed by atoms with E-state index in [4.69, 9.17) is 0 Å². The molecule has 0 atom stereocenters. The Bertz CT molecular complexity index is 4070. The summed E-state index contributed by atoms with van der Waals surface area (Å²) in [6.45, 7) is 0. The summed E-state index contributed by atoms with van der Waals surface area (Å²) in [6.07, 6.45) is 0. The van der Waals surface area contributed by atoms with Crippen molar-refractivity contribution in [3.63, 3.8) is 0 Å². The molecule has 0 bridgehead atoms. The summed E-state index contributed by atoms with van der Waals surface area (Å²) in [4.78, 5) is 7.46. The molecule has 0 amide bonds. The second-order valence-corrected chi connectivity index (χ2v) is 19.6. The number of para-hydroxylation sites is 5. The van der Waals surface area contributed by atoms with Gasteiger partial charge in [0.25, 0.3) is 0 Å². The van der Waals surface area contributed by atoms with E-state index in [1.807, 2.05) is 0 Å². The highest BCUT2D eigenvalue weighted by atomic mass is 15.2. The lowest BCUT2D eigenvalue weighted by Crippen LogP contribution is -2.36. The molecule has 0 saturated heterocycles. The van der Waals surface area contributed by atoms with Gasteiger partial charge in [0.1, 0.15) is 0 Å². The van der Waals surface area contributed by atoms with E-state index in [-0.39, 0.29) is 0 Å². The maximum atomic E-state index is 2.57. The molecule has 1 heterocycles. The number of rotatable bonds is 7. The number of fused-ring (bicyclic) bond motifs is 15. The molecule has 0 saturated carbocycles. The van der Waals surface area contributed by atoms with E-state index in [0.717, 1.165) is 51.2 Å². The van der Waals surface area contributed by atoms with Gasteiger partial charge in [-0.25, -0.2) is 0 Å². The molecule has 2 aliphatic rings. The molecule has 1 aliphatic carbocycles. The van der Waals surface area contributed by atoms with Gasteiger partial charge in [0, 0.05) is 39.2 Å². The average molecular weight is 942 g/mol. The summed E-state index contributed by atoms with van der Waals surface area (Å²) >= 11 is 0. The molecular formula is C71H47N3. The Morgan fingerprint density at radius 1 is 0.257 bits per heavy atom. The topological polar surface area (TPSA) is 9.72 Å². The van der Waals surface area contributed by atoms with Gasteiger partial charge in [-0.05, 0) is 151 Å². The maximum Gasteiger partial charge on any atom is 0.0756 e. The lowest BCUT2D eigenvalue weighted by atomic mass is 9.64. The van der Waals surface area contributed by atoms with Crippen LogP contribution in [0.2, 0.25) is 0 Å². The molecular weight excluding hydrogens is 895 g/mol. The lowest BCUT2D eigenvalue weighted by molar-refractivity contribution is 0.753. The largest absolute Gasteiger partial charge is 0.310 e. The van der Waals surface area contributed by atoms with Crippen LogP contribution in [0.5, 0.6) is 0 Å². The molecule has 15 rings (SSSR count). The molecule has 13 aromatic rings. The summed E-state index contributed by atoms with van der Waals surface area (Å²) in [5, 5.41) is 9.63. The fourth-order valence-corrected chi connectivity index (χ4v) is 12.7. The molecule has 1 aliphatic heterocycles. The van der Waals surface area contributed by atoms with Crippen LogP contribution < -0.4 is 14.7 Å². The first-order chi connectivity index (χ1) is 36.7. The Morgan fingerprint density at radius 3 is 1.08 bits per heavy atom. The van der Waals surface area contributed by atoms with Gasteiger partial charge in [0.05, 0.1) is 28.2 Å². The van der Waals surface area contributed by atoms with Gasteiger partial charge in [0.15, 0.2) is 0 Å². The van der Waals surface area contributed by atoms with Crippen molar-refractivity contribution in [2.45, 2.75) is 5.41 Å². The third-order valence-corrected chi connectivity index (χ3v) is 15.7. The fraction of sp³-hybridized carbons (Fsp3) is 0.0141. The average Bonchev–Trinajstić information content (AvgIpc) is 3.97. The Morgan fingerprint density at radius 2 is 0.622 bits per heavy atom. The fourth-order valence-electron chi connectivity index (χ4n) is 12.7. The molecule has 0 fully saturated rings. The smallest absolute Gasteiger partial charge is 0.0756 e. The summed E-state index contributed by atoms with van der Waals surface area (Å²) in [5.41, 5.74) is 16.8. The predicted molar refractivity (Wildman–Crippen MR) is 311 cm³/mol. The third kappa shape index (κ3) is 6.20. The van der Waals surface area contributed by atoms with Gasteiger partial charge in [0.2, 0.25) is 0 Å². The molecule has 3 nitrogen and oxygen atoms in total. The van der Waals surface area contributed by atoms with Crippen molar-refractivity contribution in [2.75, 3.05) is 14.7 Å². The van der Waals surface area contributed by atoms with E-state index >= 15 is 0 Å². The van der Waals surface area contributed by atoms with E-state index < -0.39 is 5.41 Å². The maximum absolute atomic E-state index is 2.57. The second-order valence-electron chi connectivity index (χ2n) is 19.6. The third-order valence-electron chi connectivity index (χ3n) is 15.7. The molecule has 0 radical (unpaired) electrons. The van der Waals surface area contributed by atoms with Crippen molar-refractivity contribution in [1.29, 1.82) is 0 Å². The molecule has 0 unspecified atom stereocenters. The van der Waals surface area contributed by atoms with E-state index in [2.05, 4.69) is 300 Å². The van der Waals surface area contributed by atoms with Crippen molar-refractivity contribution in [1.82, 2.24) is 0 Å². The molecule has 0 N–H and O–H groups in total. The molecule has 0 aromatic heterocycles. The van der Waals surface area contributed by atoms with Gasteiger partial charge in [-0.1, -0.05) is 200 Å². The van der Waals surface area contributed by atoms with Gasteiger partial charge in [-0.2, -0.15) is 0 Å². The number of benzene rings is 13. The Kier molecular flexibility index (Phi) is 9.48. The number of hydrogen-bond acceptors (Lipinski definition) is 3. The Labute approximate surface area is 430 Å². The zero-order valence-corrected chi connectivity index (χ0v) is 40.5. The van der Waals surface area contributed by atoms with E-state index in [1.54, 1.807) is 0 Å². The van der Waals surface area contributed by atoms with Crippen LogP contribution in [-0.2, 0) is 5.41 Å². The van der Waals surface area contributed by atoms with E-state index in [1.165, 1.54) is 76.5 Å². The van der Waals surface area contributed by atoms with E-state index in [9.17, 15) is 0 Å². The van der Waals surface area contributed by atoms with Crippen LogP contribution in [0.3, 0.4) is 0 Å². The normalized spacial score (nSPS) is 12.9. The minimum absolute atomic E-state index is 0.793. The van der Waals surface area contributed by atoms with Crippen molar-refractivity contribution in [3.8, 4) is 11.1 Å². The first-order valence-corrected chi connectivity index (χ1v) is 25.6. The van der Waals surface area contributed by atoms with E-state index in [0.29, 0.717) is 0 Å². The lowest BCUT2D eigenvalue weighted by Gasteiger charge is -2.45. The predicted octanol–water partition coefficient (Wildman–Crippen LogP) is 19.4. The van der Waals surface area contributed by atoms with Crippen LogP contribution >= 0.6 is 0 Å². The van der Waals surface area contributed by atoms with Crippen LogP contribution in [0.4, 0.5) is 51.2 Å². The van der Waals surface area contributed by atoms with Crippen LogP contribution in [0, 0.1) is 0 Å². The molecule has 3 heteroatoms. The first kappa shape index (κ1) is 42.0. The van der Waals surface area contributed by atoms with Crippen LogP contribution in [0.25, 0.3) is 54.2 Å². The summed E-state index contributed by atoms with van der Waals surface area (Å²) in [7, 11) is 0. The minimum Gasteiger partial charge on any atom is -0.310 e. The highest BCUT2D eigenvalue weighted by Gasteiger charge is 2.53. The standard InChI is InChI=1S/C71H47N3/c1-4-26-52(27-5-1)72(55-42-40-48-22-10-12-24-50(48)44-55)67-46-63-69(59-34-16-14-32-57(59)67)70-60-35-17-15-33-58(60)68(73(53-28-6-2-7-29-53)56-43-41-49-23-11-13-25-51(49)45-56)47-64(70)71(63)61-36-18-20-38-65(61)74(54-30-8-3-9-31-54)66-39-21-19-37-62(66)71/h1-47H. The Hall–Kier alpha value is -9.70. The van der Waals surface area contributed by atoms with Crippen LogP contribution in [0.1, 0.15) is 22.3 Å². The quantitative estimate of drug-likeness (QED) is 0.158. The molecule has 13 aromatic carbocycles. The highest BCUT2D eigenvalue weighted by molar-refractivity contribution is 6.19. The SMILES string of the molecule is c1ccc(N2c3ccccc3C3(c4ccccc42)c2cc(N(c4ccccc4)c4ccc5ccccc5c4)c4ccccc4c2-c2c3cc(N(c3ccccc3)c3ccc4ccccc4c3)c3ccccc23)cc1.